The van der Waals surface area contributed by atoms with Crippen molar-refractivity contribution in [2.24, 2.45) is 0 Å². The third kappa shape index (κ3) is 5.82. The highest BCUT2D eigenvalue weighted by atomic mass is 19.1. The summed E-state index contributed by atoms with van der Waals surface area (Å²) in [6.07, 6.45) is 0.0813. The van der Waals surface area contributed by atoms with E-state index in [0.717, 1.165) is 6.08 Å². The van der Waals surface area contributed by atoms with Crippen LogP contribution in [0.25, 0.3) is 0 Å². The van der Waals surface area contributed by atoms with E-state index in [2.05, 4.69) is 4.74 Å². The number of carbonyl (C=O) groups is 2. The van der Waals surface area contributed by atoms with Crippen LogP contribution in [-0.2, 0) is 19.0 Å². The molecular formula is C16H26FNO5. The fraction of sp³-hybridized carbons (Fsp3) is 0.750. The summed E-state index contributed by atoms with van der Waals surface area (Å²) in [7, 11) is 0. The monoisotopic (exact) mass is 331 g/mol. The van der Waals surface area contributed by atoms with Crippen molar-refractivity contribution in [2.45, 2.75) is 65.3 Å². The van der Waals surface area contributed by atoms with Gasteiger partial charge in [-0.2, -0.15) is 0 Å². The Morgan fingerprint density at radius 2 is 2.00 bits per heavy atom. The lowest BCUT2D eigenvalue weighted by Crippen LogP contribution is -2.49. The van der Waals surface area contributed by atoms with Crippen molar-refractivity contribution >= 4 is 12.1 Å². The lowest BCUT2D eigenvalue weighted by molar-refractivity contribution is -0.137. The molecule has 0 aliphatic carbocycles. The predicted molar refractivity (Wildman–Crippen MR) is 82.3 cm³/mol. The second-order valence-electron chi connectivity index (χ2n) is 6.81. The first kappa shape index (κ1) is 19.4. The maximum Gasteiger partial charge on any atom is 0.412 e. The molecule has 23 heavy (non-hydrogen) atoms. The summed E-state index contributed by atoms with van der Waals surface area (Å²) in [6.45, 7) is 10.7. The summed E-state index contributed by atoms with van der Waals surface area (Å²) in [5.74, 6) is -1.41. The molecule has 132 valence electrons. The molecule has 1 atom stereocenters. The number of amides is 1. The molecule has 1 amide bonds. The Morgan fingerprint density at radius 3 is 2.52 bits per heavy atom. The van der Waals surface area contributed by atoms with E-state index < -0.39 is 35.3 Å². The molecular weight excluding hydrogens is 305 g/mol. The van der Waals surface area contributed by atoms with Gasteiger partial charge in [-0.15, -0.1) is 0 Å². The van der Waals surface area contributed by atoms with Gasteiger partial charge in [-0.05, 0) is 41.5 Å². The van der Waals surface area contributed by atoms with Crippen LogP contribution in [0.15, 0.2) is 11.9 Å². The fourth-order valence-electron chi connectivity index (χ4n) is 2.31. The molecule has 6 nitrogen and oxygen atoms in total. The van der Waals surface area contributed by atoms with Crippen LogP contribution in [0.1, 0.15) is 48.0 Å². The van der Waals surface area contributed by atoms with Gasteiger partial charge in [0.1, 0.15) is 17.2 Å². The van der Waals surface area contributed by atoms with Gasteiger partial charge in [0.25, 0.3) is 0 Å². The Bertz CT molecular complexity index is 481. The summed E-state index contributed by atoms with van der Waals surface area (Å²) in [6, 6.07) is -0.550. The third-order valence-electron chi connectivity index (χ3n) is 3.16. The number of halogens is 1. The summed E-state index contributed by atoms with van der Waals surface area (Å²) in [5.41, 5.74) is -1.57. The molecule has 1 rings (SSSR count). The zero-order valence-electron chi connectivity index (χ0n) is 14.6. The van der Waals surface area contributed by atoms with E-state index in [9.17, 15) is 14.0 Å². The molecule has 0 aromatic rings. The zero-order valence-corrected chi connectivity index (χ0v) is 14.6. The van der Waals surface area contributed by atoms with Crippen molar-refractivity contribution in [3.8, 4) is 0 Å². The van der Waals surface area contributed by atoms with E-state index in [1.807, 2.05) is 0 Å². The average Bonchev–Trinajstić information content (AvgIpc) is 2.62. The fourth-order valence-corrected chi connectivity index (χ4v) is 2.31. The minimum Gasteiger partial charge on any atom is -0.463 e. The van der Waals surface area contributed by atoms with E-state index in [1.54, 1.807) is 41.5 Å². The van der Waals surface area contributed by atoms with Gasteiger partial charge in [0, 0.05) is 6.42 Å². The predicted octanol–water partition coefficient (Wildman–Crippen LogP) is 3.17. The second-order valence-corrected chi connectivity index (χ2v) is 6.81. The molecule has 1 aliphatic heterocycles. The van der Waals surface area contributed by atoms with Gasteiger partial charge >= 0.3 is 12.1 Å². The van der Waals surface area contributed by atoms with Crippen molar-refractivity contribution in [1.29, 1.82) is 0 Å². The van der Waals surface area contributed by atoms with Gasteiger partial charge in [0.05, 0.1) is 25.3 Å². The minimum absolute atomic E-state index is 0.137. The molecule has 0 N–H and O–H groups in total. The van der Waals surface area contributed by atoms with Crippen LogP contribution in [-0.4, -0.2) is 47.5 Å². The topological polar surface area (TPSA) is 65.1 Å². The van der Waals surface area contributed by atoms with Crippen LogP contribution in [0.3, 0.4) is 0 Å². The number of hydrogen-bond acceptors (Lipinski definition) is 5. The van der Waals surface area contributed by atoms with Gasteiger partial charge in [0.2, 0.25) is 0 Å². The van der Waals surface area contributed by atoms with E-state index in [0.29, 0.717) is 0 Å². The molecule has 0 aromatic carbocycles. The van der Waals surface area contributed by atoms with Gasteiger partial charge in [-0.3, -0.25) is 4.90 Å². The van der Waals surface area contributed by atoms with Crippen molar-refractivity contribution in [1.82, 2.24) is 4.90 Å². The molecule has 0 bridgehead atoms. The molecule has 0 aromatic heterocycles. The van der Waals surface area contributed by atoms with Crippen LogP contribution in [0.4, 0.5) is 9.18 Å². The molecule has 1 aliphatic rings. The largest absolute Gasteiger partial charge is 0.463 e. The van der Waals surface area contributed by atoms with Crippen LogP contribution in [0.2, 0.25) is 0 Å². The minimum atomic E-state index is -0.906. The molecule has 1 heterocycles. The molecule has 0 unspecified atom stereocenters. The third-order valence-corrected chi connectivity index (χ3v) is 3.16. The first-order valence-corrected chi connectivity index (χ1v) is 7.65. The molecule has 0 saturated carbocycles. The summed E-state index contributed by atoms with van der Waals surface area (Å²) in [4.78, 5) is 25.0. The van der Waals surface area contributed by atoms with Crippen LogP contribution in [0.5, 0.6) is 0 Å². The van der Waals surface area contributed by atoms with E-state index in [4.69, 9.17) is 9.47 Å². The van der Waals surface area contributed by atoms with E-state index in [-0.39, 0.29) is 19.6 Å². The summed E-state index contributed by atoms with van der Waals surface area (Å²) >= 11 is 0. The van der Waals surface area contributed by atoms with Crippen molar-refractivity contribution in [3.63, 3.8) is 0 Å². The van der Waals surface area contributed by atoms with E-state index >= 15 is 0 Å². The maximum absolute atomic E-state index is 14.0. The SMILES string of the molecule is CCOC(=O)/C=C(\F)C[C@H]1COC(C)(C)N1C(=O)OC(C)(C)C. The standard InChI is InChI=1S/C16H26FNO5/c1-7-21-13(19)9-11(17)8-12-10-22-16(5,6)18(12)14(20)23-15(2,3)4/h9,12H,7-8,10H2,1-6H3/b11-9-/t12-/m0/s1. The maximum atomic E-state index is 14.0. The molecule has 1 saturated heterocycles. The van der Waals surface area contributed by atoms with Gasteiger partial charge in [-0.25, -0.2) is 14.0 Å². The summed E-state index contributed by atoms with van der Waals surface area (Å²) in [5, 5.41) is 0. The Hall–Kier alpha value is -1.63. The zero-order chi connectivity index (χ0) is 17.8. The number of carbonyl (C=O) groups excluding carboxylic acids is 2. The Morgan fingerprint density at radius 1 is 1.39 bits per heavy atom. The average molecular weight is 331 g/mol. The van der Waals surface area contributed by atoms with Crippen molar-refractivity contribution < 1.29 is 28.2 Å². The van der Waals surface area contributed by atoms with Gasteiger partial charge < -0.3 is 14.2 Å². The highest BCUT2D eigenvalue weighted by Crippen LogP contribution is 2.32. The quantitative estimate of drug-likeness (QED) is 0.585. The lowest BCUT2D eigenvalue weighted by atomic mass is 10.1. The first-order chi connectivity index (χ1) is 10.5. The second kappa shape index (κ2) is 7.29. The number of nitrogens with zero attached hydrogens (tertiary/aromatic N) is 1. The molecule has 1 fully saturated rings. The number of rotatable bonds is 4. The highest BCUT2D eigenvalue weighted by Gasteiger charge is 2.45. The number of esters is 1. The van der Waals surface area contributed by atoms with E-state index in [1.165, 1.54) is 4.90 Å². The highest BCUT2D eigenvalue weighted by molar-refractivity contribution is 5.82. The normalized spacial score (nSPS) is 21.3. The smallest absolute Gasteiger partial charge is 0.412 e. The Balaban J connectivity index is 2.84. The van der Waals surface area contributed by atoms with Crippen LogP contribution >= 0.6 is 0 Å². The van der Waals surface area contributed by atoms with Crippen molar-refractivity contribution in [2.75, 3.05) is 13.2 Å². The Kier molecular flexibility index (Phi) is 6.16. The van der Waals surface area contributed by atoms with Gasteiger partial charge in [-0.1, -0.05) is 0 Å². The van der Waals surface area contributed by atoms with Crippen molar-refractivity contribution in [3.05, 3.63) is 11.9 Å². The molecule has 7 heteroatoms. The lowest BCUT2D eigenvalue weighted by Gasteiger charge is -2.35. The summed E-state index contributed by atoms with van der Waals surface area (Å²) < 4.78 is 29.6. The van der Waals surface area contributed by atoms with Gasteiger partial charge in [0.15, 0.2) is 0 Å². The van der Waals surface area contributed by atoms with Crippen LogP contribution in [0, 0.1) is 0 Å². The number of hydrogen-bond donors (Lipinski definition) is 0. The number of ether oxygens (including phenoxy) is 3. The molecule has 0 spiro atoms. The molecule has 0 radical (unpaired) electrons. The first-order valence-electron chi connectivity index (χ1n) is 7.65. The van der Waals surface area contributed by atoms with Crippen LogP contribution < -0.4 is 0 Å². The Labute approximate surface area is 136 Å².